The summed E-state index contributed by atoms with van der Waals surface area (Å²) in [5.41, 5.74) is 1.19. The van der Waals surface area contributed by atoms with Crippen LogP contribution in [0.3, 0.4) is 0 Å². The van der Waals surface area contributed by atoms with Gasteiger partial charge in [-0.2, -0.15) is 0 Å². The number of benzene rings is 2. The predicted molar refractivity (Wildman–Crippen MR) is 129 cm³/mol. The van der Waals surface area contributed by atoms with Gasteiger partial charge in [0.05, 0.1) is 30.7 Å². The number of carbonyl (C=O) groups excluding carboxylic acids is 3. The zero-order valence-corrected chi connectivity index (χ0v) is 20.2. The van der Waals surface area contributed by atoms with Crippen LogP contribution < -0.4 is 10.6 Å². The van der Waals surface area contributed by atoms with Gasteiger partial charge < -0.3 is 14.2 Å². The lowest BCUT2D eigenvalue weighted by atomic mass is 10.3. The van der Waals surface area contributed by atoms with E-state index in [-0.39, 0.29) is 24.4 Å². The van der Waals surface area contributed by atoms with Gasteiger partial charge in [-0.15, -0.1) is 0 Å². The maximum absolute atomic E-state index is 12.8. The Morgan fingerprint density at radius 3 is 1.42 bits per heavy atom. The lowest BCUT2D eigenvalue weighted by Crippen LogP contribution is -2.32. The van der Waals surface area contributed by atoms with Crippen molar-refractivity contribution in [3.05, 3.63) is 48.5 Å². The lowest BCUT2D eigenvalue weighted by Gasteiger charge is -2.17. The third-order valence-corrected chi connectivity index (χ3v) is 7.12. The quantitative estimate of drug-likeness (QED) is 0.278. The van der Waals surface area contributed by atoms with E-state index in [2.05, 4.69) is 10.6 Å². The fourth-order valence-electron chi connectivity index (χ4n) is 3.07. The van der Waals surface area contributed by atoms with Crippen LogP contribution in [0, 0.1) is 0 Å². The molecule has 33 heavy (non-hydrogen) atoms. The van der Waals surface area contributed by atoms with Crippen molar-refractivity contribution in [1.82, 2.24) is 0 Å². The number of ether oxygens (including phenoxy) is 3. The Balaban J connectivity index is 2.35. The first-order valence-electron chi connectivity index (χ1n) is 10.9. The number of nitrogens with one attached hydrogen (secondary N) is 2. The molecule has 0 spiro atoms. The van der Waals surface area contributed by atoms with E-state index in [4.69, 9.17) is 14.2 Å². The van der Waals surface area contributed by atoms with E-state index in [9.17, 15) is 14.4 Å². The normalized spacial score (nSPS) is 11.4. The summed E-state index contributed by atoms with van der Waals surface area (Å²) in [6, 6.07) is 14.7. The van der Waals surface area contributed by atoms with Gasteiger partial charge in [-0.05, 0) is 69.3 Å². The molecular weight excluding hydrogens is 444 g/mol. The summed E-state index contributed by atoms with van der Waals surface area (Å²) in [7, 11) is -0.632. The van der Waals surface area contributed by atoms with E-state index in [0.29, 0.717) is 24.4 Å². The average Bonchev–Trinajstić information content (AvgIpc) is 2.79. The van der Waals surface area contributed by atoms with E-state index in [1.807, 2.05) is 31.2 Å². The van der Waals surface area contributed by atoms with Gasteiger partial charge in [0.25, 0.3) is 0 Å². The number of carbonyl (C=O) groups is 3. The van der Waals surface area contributed by atoms with Gasteiger partial charge in [0.1, 0.15) is 0 Å². The second-order valence-corrected chi connectivity index (χ2v) is 8.91. The van der Waals surface area contributed by atoms with Crippen LogP contribution in [-0.2, 0) is 29.9 Å². The highest BCUT2D eigenvalue weighted by atomic mass is 32.2. The van der Waals surface area contributed by atoms with Gasteiger partial charge in [0, 0.05) is 17.8 Å². The molecule has 0 saturated heterocycles. The summed E-state index contributed by atoms with van der Waals surface area (Å²) in [4.78, 5) is 38.0. The van der Waals surface area contributed by atoms with Crippen LogP contribution in [0.15, 0.2) is 58.3 Å². The summed E-state index contributed by atoms with van der Waals surface area (Å²) in [5, 5.41) is 4.96. The molecule has 0 aliphatic carbocycles. The molecule has 2 N–H and O–H groups in total. The SMILES string of the molecule is CCOC(=O)Nc1ccc([S+](c2ccc(NC(=O)OCC)cc2)C(CC)C(=O)OCC)cc1. The van der Waals surface area contributed by atoms with Crippen molar-refractivity contribution in [2.24, 2.45) is 0 Å². The molecule has 0 fully saturated rings. The van der Waals surface area contributed by atoms with Crippen molar-refractivity contribution in [1.29, 1.82) is 0 Å². The second-order valence-electron chi connectivity index (χ2n) is 6.73. The highest BCUT2D eigenvalue weighted by Crippen LogP contribution is 2.32. The van der Waals surface area contributed by atoms with Gasteiger partial charge >= 0.3 is 18.2 Å². The smallest absolute Gasteiger partial charge is 0.411 e. The maximum atomic E-state index is 12.8. The van der Waals surface area contributed by atoms with Crippen LogP contribution in [0.2, 0.25) is 0 Å². The predicted octanol–water partition coefficient (Wildman–Crippen LogP) is 5.20. The van der Waals surface area contributed by atoms with Crippen molar-refractivity contribution in [2.75, 3.05) is 30.5 Å². The first-order valence-corrected chi connectivity index (χ1v) is 12.2. The molecule has 178 valence electrons. The number of anilines is 2. The molecule has 0 heterocycles. The van der Waals surface area contributed by atoms with Crippen molar-refractivity contribution < 1.29 is 28.6 Å². The number of esters is 1. The number of rotatable bonds is 10. The molecule has 2 aromatic carbocycles. The van der Waals surface area contributed by atoms with Gasteiger partial charge in [-0.1, -0.05) is 6.92 Å². The summed E-state index contributed by atoms with van der Waals surface area (Å²) < 4.78 is 15.2. The van der Waals surface area contributed by atoms with Crippen LogP contribution in [-0.4, -0.2) is 43.2 Å². The summed E-state index contributed by atoms with van der Waals surface area (Å²) >= 11 is 0. The maximum Gasteiger partial charge on any atom is 0.411 e. The number of hydrogen-bond acceptors (Lipinski definition) is 6. The molecule has 0 bridgehead atoms. The van der Waals surface area contributed by atoms with Crippen LogP contribution in [0.4, 0.5) is 21.0 Å². The average molecular weight is 476 g/mol. The monoisotopic (exact) mass is 475 g/mol. The molecule has 1 atom stereocenters. The largest absolute Gasteiger partial charge is 0.462 e. The molecule has 0 aromatic heterocycles. The van der Waals surface area contributed by atoms with Crippen molar-refractivity contribution in [2.45, 2.75) is 49.2 Å². The van der Waals surface area contributed by atoms with E-state index in [0.717, 1.165) is 9.79 Å². The molecule has 9 heteroatoms. The summed E-state index contributed by atoms with van der Waals surface area (Å²) in [6.07, 6.45) is -0.452. The zero-order valence-electron chi connectivity index (χ0n) is 19.4. The van der Waals surface area contributed by atoms with Crippen molar-refractivity contribution in [3.63, 3.8) is 0 Å². The minimum atomic E-state index is -0.632. The Labute approximate surface area is 197 Å². The highest BCUT2D eigenvalue weighted by Gasteiger charge is 2.40. The first-order chi connectivity index (χ1) is 15.9. The Kier molecular flexibility index (Phi) is 10.6. The van der Waals surface area contributed by atoms with Crippen LogP contribution in [0.25, 0.3) is 0 Å². The van der Waals surface area contributed by atoms with Crippen LogP contribution >= 0.6 is 0 Å². The van der Waals surface area contributed by atoms with Crippen LogP contribution in [0.5, 0.6) is 0 Å². The van der Waals surface area contributed by atoms with E-state index in [1.54, 1.807) is 45.0 Å². The minimum Gasteiger partial charge on any atom is -0.462 e. The topological polar surface area (TPSA) is 103 Å². The highest BCUT2D eigenvalue weighted by molar-refractivity contribution is 7.98. The minimum absolute atomic E-state index is 0.259. The molecule has 2 rings (SSSR count). The van der Waals surface area contributed by atoms with Gasteiger partial charge in [0.2, 0.25) is 5.25 Å². The number of hydrogen-bond donors (Lipinski definition) is 2. The third-order valence-electron chi connectivity index (χ3n) is 4.46. The first kappa shape index (κ1) is 26.1. The Morgan fingerprint density at radius 1 is 0.697 bits per heavy atom. The lowest BCUT2D eigenvalue weighted by molar-refractivity contribution is -0.142. The van der Waals surface area contributed by atoms with Crippen molar-refractivity contribution >= 4 is 40.4 Å². The van der Waals surface area contributed by atoms with Crippen LogP contribution in [0.1, 0.15) is 34.1 Å². The molecule has 2 amide bonds. The summed E-state index contributed by atoms with van der Waals surface area (Å²) in [5.74, 6) is -0.259. The third kappa shape index (κ3) is 7.71. The number of amides is 2. The Morgan fingerprint density at radius 2 is 1.09 bits per heavy atom. The molecule has 0 saturated carbocycles. The van der Waals surface area contributed by atoms with Gasteiger partial charge in [0.15, 0.2) is 9.79 Å². The molecule has 2 aromatic rings. The molecule has 0 aliphatic rings. The summed E-state index contributed by atoms with van der Waals surface area (Å²) in [6.45, 7) is 8.09. The Bertz CT molecular complexity index is 854. The van der Waals surface area contributed by atoms with E-state index in [1.165, 1.54) is 0 Å². The molecule has 0 aliphatic heterocycles. The zero-order chi connectivity index (χ0) is 24.2. The molecular formula is C24H31N2O6S+. The van der Waals surface area contributed by atoms with E-state index >= 15 is 0 Å². The standard InChI is InChI=1S/C24H30N2O6S/c1-5-21(22(27)30-6-2)33(19-13-9-17(10-14-19)25-23(28)31-7-3)20-15-11-18(12-16-20)26-24(29)32-8-4/h9-16,21H,5-8H2,1-4H3,(H-,25,26,28,29)/p+1. The van der Waals surface area contributed by atoms with E-state index < -0.39 is 23.1 Å². The molecule has 1 unspecified atom stereocenters. The van der Waals surface area contributed by atoms with Gasteiger partial charge in [-0.25, -0.2) is 14.4 Å². The molecule has 0 radical (unpaired) electrons. The fourth-order valence-corrected chi connectivity index (χ4v) is 5.45. The fraction of sp³-hybridized carbons (Fsp3) is 0.375. The Hall–Kier alpha value is -3.20. The van der Waals surface area contributed by atoms with Crippen molar-refractivity contribution in [3.8, 4) is 0 Å². The van der Waals surface area contributed by atoms with Gasteiger partial charge in [-0.3, -0.25) is 10.6 Å². The molecule has 8 nitrogen and oxygen atoms in total. The second kappa shape index (κ2) is 13.4.